The van der Waals surface area contributed by atoms with E-state index in [2.05, 4.69) is 20.7 Å². The highest BCUT2D eigenvalue weighted by Crippen LogP contribution is 2.23. The fourth-order valence-corrected chi connectivity index (χ4v) is 1.88. The molecule has 0 saturated carbocycles. The van der Waals surface area contributed by atoms with E-state index < -0.39 is 0 Å². The Kier molecular flexibility index (Phi) is 5.82. The molecule has 1 amide bonds. The zero-order chi connectivity index (χ0) is 14.4. The average molecular weight is 330 g/mol. The molecule has 1 aromatic carbocycles. The van der Waals surface area contributed by atoms with E-state index in [1.165, 1.54) is 12.0 Å². The molecule has 5 nitrogen and oxygen atoms in total. The molecule has 0 aliphatic rings. The molecule has 0 saturated heterocycles. The van der Waals surface area contributed by atoms with Gasteiger partial charge >= 0.3 is 5.97 Å². The summed E-state index contributed by atoms with van der Waals surface area (Å²) >= 11 is 3.33. The van der Waals surface area contributed by atoms with Crippen LogP contribution in [-0.4, -0.2) is 44.6 Å². The molecule has 0 atom stereocenters. The van der Waals surface area contributed by atoms with Gasteiger partial charge in [0, 0.05) is 18.1 Å². The molecular formula is C13H16BrNO4. The van der Waals surface area contributed by atoms with Gasteiger partial charge in [-0.15, -0.1) is 0 Å². The molecule has 19 heavy (non-hydrogen) atoms. The van der Waals surface area contributed by atoms with E-state index in [9.17, 15) is 9.59 Å². The van der Waals surface area contributed by atoms with Crippen LogP contribution in [0.5, 0.6) is 5.75 Å². The summed E-state index contributed by atoms with van der Waals surface area (Å²) in [5.41, 5.74) is 0.492. The van der Waals surface area contributed by atoms with Crippen molar-refractivity contribution in [3.05, 3.63) is 28.2 Å². The van der Waals surface area contributed by atoms with Gasteiger partial charge in [0.25, 0.3) is 5.91 Å². The third kappa shape index (κ3) is 4.24. The van der Waals surface area contributed by atoms with Crippen molar-refractivity contribution in [1.29, 1.82) is 0 Å². The minimum atomic E-state index is -0.343. The van der Waals surface area contributed by atoms with Crippen molar-refractivity contribution in [3.63, 3.8) is 0 Å². The Hall–Kier alpha value is -1.56. The number of benzene rings is 1. The molecule has 1 rings (SSSR count). The SMILES string of the molecule is COC(=O)CCN(C)C(=O)c1cc(OC)ccc1Br. The van der Waals surface area contributed by atoms with Crippen LogP contribution in [-0.2, 0) is 9.53 Å². The van der Waals surface area contributed by atoms with Crippen molar-refractivity contribution >= 4 is 27.8 Å². The Bertz CT molecular complexity index is 476. The molecule has 0 N–H and O–H groups in total. The zero-order valence-electron chi connectivity index (χ0n) is 11.1. The molecule has 0 aliphatic carbocycles. The molecule has 0 unspecified atom stereocenters. The molecule has 0 aromatic heterocycles. The van der Waals surface area contributed by atoms with Gasteiger partial charge in [0.05, 0.1) is 26.2 Å². The maximum absolute atomic E-state index is 12.2. The van der Waals surface area contributed by atoms with Crippen LogP contribution in [0.2, 0.25) is 0 Å². The Morgan fingerprint density at radius 3 is 2.58 bits per heavy atom. The van der Waals surface area contributed by atoms with Gasteiger partial charge in [0.15, 0.2) is 0 Å². The van der Waals surface area contributed by atoms with E-state index in [-0.39, 0.29) is 18.3 Å². The molecule has 6 heteroatoms. The molecule has 104 valence electrons. The van der Waals surface area contributed by atoms with Crippen molar-refractivity contribution in [2.24, 2.45) is 0 Å². The number of halogens is 1. The summed E-state index contributed by atoms with van der Waals surface area (Å²) in [6.45, 7) is 0.301. The molecule has 1 aromatic rings. The Morgan fingerprint density at radius 2 is 2.00 bits per heavy atom. The third-order valence-electron chi connectivity index (χ3n) is 2.63. The number of carbonyl (C=O) groups excluding carboxylic acids is 2. The molecule has 0 aliphatic heterocycles. The Morgan fingerprint density at radius 1 is 1.32 bits per heavy atom. The summed E-state index contributed by atoms with van der Waals surface area (Å²) in [6, 6.07) is 5.16. The second-order valence-corrected chi connectivity index (χ2v) is 4.75. The van der Waals surface area contributed by atoms with Gasteiger partial charge in [0.1, 0.15) is 5.75 Å². The Balaban J connectivity index is 2.78. The summed E-state index contributed by atoms with van der Waals surface area (Å²) in [4.78, 5) is 24.7. The molecule has 0 radical (unpaired) electrons. The largest absolute Gasteiger partial charge is 0.497 e. The van der Waals surface area contributed by atoms with Crippen molar-refractivity contribution in [1.82, 2.24) is 4.90 Å². The lowest BCUT2D eigenvalue weighted by atomic mass is 10.2. The van der Waals surface area contributed by atoms with Crippen molar-refractivity contribution in [2.75, 3.05) is 27.8 Å². The predicted molar refractivity (Wildman–Crippen MR) is 74.3 cm³/mol. The number of amides is 1. The van der Waals surface area contributed by atoms with Crippen LogP contribution in [0.3, 0.4) is 0 Å². The lowest BCUT2D eigenvalue weighted by molar-refractivity contribution is -0.140. The van der Waals surface area contributed by atoms with Crippen LogP contribution in [0, 0.1) is 0 Å². The van der Waals surface area contributed by atoms with Gasteiger partial charge in [0.2, 0.25) is 0 Å². The standard InChI is InChI=1S/C13H16BrNO4/c1-15(7-6-12(16)19-3)13(17)10-8-9(18-2)4-5-11(10)14/h4-5,8H,6-7H2,1-3H3. The summed E-state index contributed by atoms with van der Waals surface area (Å²) in [7, 11) is 4.50. The van der Waals surface area contributed by atoms with E-state index in [0.717, 1.165) is 0 Å². The molecular weight excluding hydrogens is 314 g/mol. The van der Waals surface area contributed by atoms with Crippen LogP contribution < -0.4 is 4.74 Å². The first-order chi connectivity index (χ1) is 8.99. The van der Waals surface area contributed by atoms with Crippen LogP contribution in [0.25, 0.3) is 0 Å². The van der Waals surface area contributed by atoms with E-state index in [1.807, 2.05) is 0 Å². The lowest BCUT2D eigenvalue weighted by Crippen LogP contribution is -2.29. The first-order valence-electron chi connectivity index (χ1n) is 5.65. The van der Waals surface area contributed by atoms with E-state index >= 15 is 0 Å². The maximum Gasteiger partial charge on any atom is 0.307 e. The molecule has 0 fully saturated rings. The predicted octanol–water partition coefficient (Wildman–Crippen LogP) is 2.09. The normalized spacial score (nSPS) is 9.89. The van der Waals surface area contributed by atoms with Gasteiger partial charge in [-0.25, -0.2) is 0 Å². The summed E-state index contributed by atoms with van der Waals surface area (Å²) in [5, 5.41) is 0. The number of rotatable bonds is 5. The topological polar surface area (TPSA) is 55.8 Å². The maximum atomic E-state index is 12.2. The van der Waals surface area contributed by atoms with Crippen LogP contribution in [0.4, 0.5) is 0 Å². The monoisotopic (exact) mass is 329 g/mol. The number of methoxy groups -OCH3 is 2. The number of esters is 1. The smallest absolute Gasteiger partial charge is 0.307 e. The third-order valence-corrected chi connectivity index (χ3v) is 3.32. The first kappa shape index (κ1) is 15.5. The minimum absolute atomic E-state index is 0.167. The van der Waals surface area contributed by atoms with Gasteiger partial charge < -0.3 is 14.4 Å². The fourth-order valence-electron chi connectivity index (χ4n) is 1.46. The number of carbonyl (C=O) groups is 2. The van der Waals surface area contributed by atoms with Crippen molar-refractivity contribution < 1.29 is 19.1 Å². The second kappa shape index (κ2) is 7.13. The number of ether oxygens (including phenoxy) is 2. The van der Waals surface area contributed by atoms with Crippen LogP contribution in [0.1, 0.15) is 16.8 Å². The van der Waals surface area contributed by atoms with Crippen LogP contribution in [0.15, 0.2) is 22.7 Å². The summed E-state index contributed by atoms with van der Waals surface area (Å²) < 4.78 is 10.3. The quantitative estimate of drug-likeness (QED) is 0.776. The first-order valence-corrected chi connectivity index (χ1v) is 6.44. The minimum Gasteiger partial charge on any atom is -0.497 e. The molecule has 0 spiro atoms. The van der Waals surface area contributed by atoms with Crippen LogP contribution >= 0.6 is 15.9 Å². The van der Waals surface area contributed by atoms with E-state index in [1.54, 1.807) is 32.4 Å². The van der Waals surface area contributed by atoms with Crippen molar-refractivity contribution in [3.8, 4) is 5.75 Å². The van der Waals surface area contributed by atoms with Gasteiger partial charge in [-0.3, -0.25) is 9.59 Å². The van der Waals surface area contributed by atoms with Crippen molar-refractivity contribution in [2.45, 2.75) is 6.42 Å². The van der Waals surface area contributed by atoms with Gasteiger partial charge in [-0.05, 0) is 34.1 Å². The average Bonchev–Trinajstić information content (AvgIpc) is 2.44. The van der Waals surface area contributed by atoms with E-state index in [4.69, 9.17) is 4.74 Å². The summed E-state index contributed by atoms with van der Waals surface area (Å²) in [6.07, 6.45) is 0.167. The molecule has 0 heterocycles. The summed E-state index contributed by atoms with van der Waals surface area (Å²) in [5.74, 6) is 0.0759. The number of hydrogen-bond donors (Lipinski definition) is 0. The lowest BCUT2D eigenvalue weighted by Gasteiger charge is -2.17. The van der Waals surface area contributed by atoms with Gasteiger partial charge in [-0.2, -0.15) is 0 Å². The highest BCUT2D eigenvalue weighted by molar-refractivity contribution is 9.10. The number of nitrogens with zero attached hydrogens (tertiary/aromatic N) is 1. The van der Waals surface area contributed by atoms with Gasteiger partial charge in [-0.1, -0.05) is 0 Å². The highest BCUT2D eigenvalue weighted by atomic mass is 79.9. The highest BCUT2D eigenvalue weighted by Gasteiger charge is 2.16. The Labute approximate surface area is 120 Å². The second-order valence-electron chi connectivity index (χ2n) is 3.90. The number of hydrogen-bond acceptors (Lipinski definition) is 4. The van der Waals surface area contributed by atoms with E-state index in [0.29, 0.717) is 22.3 Å². The zero-order valence-corrected chi connectivity index (χ0v) is 12.7. The molecule has 0 bridgehead atoms. The fraction of sp³-hybridized carbons (Fsp3) is 0.385.